The summed E-state index contributed by atoms with van der Waals surface area (Å²) < 4.78 is 1.49. The third kappa shape index (κ3) is 3.58. The van der Waals surface area contributed by atoms with E-state index in [9.17, 15) is 9.59 Å². The second-order valence-corrected chi connectivity index (χ2v) is 9.66. The molecule has 0 spiro atoms. The molecule has 1 amide bonds. The summed E-state index contributed by atoms with van der Waals surface area (Å²) in [5, 5.41) is 2.61. The number of hydrogen-bond donors (Lipinski definition) is 0. The van der Waals surface area contributed by atoms with E-state index in [0.717, 1.165) is 41.4 Å². The van der Waals surface area contributed by atoms with E-state index in [1.165, 1.54) is 53.5 Å². The maximum atomic E-state index is 13.3. The molecular weight excluding hydrogens is 394 g/mol. The number of nitrogens with zero attached hydrogens (tertiary/aromatic N) is 3. The van der Waals surface area contributed by atoms with Crippen LogP contribution in [0.1, 0.15) is 37.7 Å². The van der Waals surface area contributed by atoms with Crippen molar-refractivity contribution >= 4 is 27.5 Å². The lowest BCUT2D eigenvalue weighted by Gasteiger charge is -2.41. The molecule has 30 heavy (non-hydrogen) atoms. The standard InChI is InChI=1S/C24H27N3O2S/c1-16-6-8-18(9-7-16)20-14-30-23-22(20)24(29)27(15-25-23)13-21(28)26-11-10-17-4-2-3-5-19(17)12-26/h6-9,14-15,17,19H,2-5,10-13H2,1H3/t17-,19+/m0/s1. The predicted molar refractivity (Wildman–Crippen MR) is 121 cm³/mol. The Labute approximate surface area is 180 Å². The van der Waals surface area contributed by atoms with Gasteiger partial charge in [-0.1, -0.05) is 49.1 Å². The first-order valence-electron chi connectivity index (χ1n) is 10.9. The van der Waals surface area contributed by atoms with Gasteiger partial charge in [0.05, 0.1) is 11.7 Å². The number of rotatable bonds is 3. The van der Waals surface area contributed by atoms with Crippen molar-refractivity contribution in [2.24, 2.45) is 11.8 Å². The second kappa shape index (κ2) is 7.99. The number of carbonyl (C=O) groups excluding carboxylic acids is 1. The van der Waals surface area contributed by atoms with E-state index < -0.39 is 0 Å². The molecule has 2 aromatic heterocycles. The summed E-state index contributed by atoms with van der Waals surface area (Å²) in [4.78, 5) is 33.4. The Morgan fingerprint density at radius 1 is 1.13 bits per heavy atom. The minimum absolute atomic E-state index is 0.0365. The summed E-state index contributed by atoms with van der Waals surface area (Å²) >= 11 is 1.48. The van der Waals surface area contributed by atoms with Crippen LogP contribution in [0.3, 0.4) is 0 Å². The Hall–Kier alpha value is -2.47. The molecule has 2 aliphatic rings. The van der Waals surface area contributed by atoms with E-state index >= 15 is 0 Å². The van der Waals surface area contributed by atoms with E-state index in [1.807, 2.05) is 41.5 Å². The normalized spacial score (nSPS) is 21.6. The zero-order valence-corrected chi connectivity index (χ0v) is 18.2. The zero-order valence-electron chi connectivity index (χ0n) is 17.3. The van der Waals surface area contributed by atoms with Crippen LogP contribution in [0.5, 0.6) is 0 Å². The van der Waals surface area contributed by atoms with E-state index in [-0.39, 0.29) is 18.0 Å². The van der Waals surface area contributed by atoms with Crippen molar-refractivity contribution in [1.29, 1.82) is 0 Å². The van der Waals surface area contributed by atoms with Crippen molar-refractivity contribution in [3.63, 3.8) is 0 Å². The average Bonchev–Trinajstić information content (AvgIpc) is 3.21. The SMILES string of the molecule is Cc1ccc(-c2csc3ncn(CC(=O)N4CC[C@@H]5CCCC[C@@H]5C4)c(=O)c23)cc1. The molecule has 1 aromatic carbocycles. The predicted octanol–water partition coefficient (Wildman–Crippen LogP) is 4.47. The lowest BCUT2D eigenvalue weighted by atomic mass is 9.75. The third-order valence-corrected chi connectivity index (χ3v) is 7.76. The molecule has 0 unspecified atom stereocenters. The number of thiophene rings is 1. The first kappa shape index (κ1) is 19.5. The molecule has 3 aromatic rings. The molecule has 5 rings (SSSR count). The van der Waals surface area contributed by atoms with Crippen molar-refractivity contribution < 1.29 is 4.79 Å². The topological polar surface area (TPSA) is 55.2 Å². The van der Waals surface area contributed by atoms with Crippen molar-refractivity contribution in [2.45, 2.75) is 45.6 Å². The van der Waals surface area contributed by atoms with Crippen LogP contribution < -0.4 is 5.56 Å². The second-order valence-electron chi connectivity index (χ2n) is 8.81. The highest BCUT2D eigenvalue weighted by Gasteiger charge is 2.33. The van der Waals surface area contributed by atoms with Crippen LogP contribution in [-0.4, -0.2) is 33.4 Å². The Balaban J connectivity index is 1.40. The summed E-state index contributed by atoms with van der Waals surface area (Å²) in [5.41, 5.74) is 2.96. The fourth-order valence-corrected chi connectivity index (χ4v) is 6.01. The smallest absolute Gasteiger partial charge is 0.263 e. The Kier molecular flexibility index (Phi) is 5.19. The number of likely N-dealkylation sites (tertiary alicyclic amines) is 1. The van der Waals surface area contributed by atoms with Crippen molar-refractivity contribution in [1.82, 2.24) is 14.5 Å². The van der Waals surface area contributed by atoms with Crippen LogP contribution >= 0.6 is 11.3 Å². The molecule has 2 fully saturated rings. The molecule has 1 saturated heterocycles. The summed E-state index contributed by atoms with van der Waals surface area (Å²) in [6.07, 6.45) is 7.79. The first-order chi connectivity index (χ1) is 14.6. The lowest BCUT2D eigenvalue weighted by Crippen LogP contribution is -2.46. The van der Waals surface area contributed by atoms with Gasteiger partial charge in [0, 0.05) is 24.0 Å². The van der Waals surface area contributed by atoms with E-state index in [0.29, 0.717) is 11.3 Å². The van der Waals surface area contributed by atoms with Gasteiger partial charge in [0.25, 0.3) is 5.56 Å². The maximum Gasteiger partial charge on any atom is 0.263 e. The van der Waals surface area contributed by atoms with E-state index in [2.05, 4.69) is 4.98 Å². The number of hydrogen-bond acceptors (Lipinski definition) is 4. The van der Waals surface area contributed by atoms with Gasteiger partial charge in [-0.05, 0) is 37.2 Å². The van der Waals surface area contributed by atoms with Gasteiger partial charge >= 0.3 is 0 Å². The number of carbonyl (C=O) groups is 1. The monoisotopic (exact) mass is 421 g/mol. The molecular formula is C24H27N3O2S. The number of fused-ring (bicyclic) bond motifs is 2. The van der Waals surface area contributed by atoms with Gasteiger partial charge in [0.2, 0.25) is 5.91 Å². The van der Waals surface area contributed by atoms with Crippen LogP contribution in [-0.2, 0) is 11.3 Å². The maximum absolute atomic E-state index is 13.3. The number of amides is 1. The molecule has 0 N–H and O–H groups in total. The van der Waals surface area contributed by atoms with Gasteiger partial charge in [0.1, 0.15) is 11.4 Å². The molecule has 1 aliphatic heterocycles. The van der Waals surface area contributed by atoms with Gasteiger partial charge in [-0.25, -0.2) is 4.98 Å². The fourth-order valence-electron chi connectivity index (χ4n) is 5.10. The molecule has 3 heterocycles. The number of aromatic nitrogens is 2. The zero-order chi connectivity index (χ0) is 20.7. The van der Waals surface area contributed by atoms with E-state index in [1.54, 1.807) is 0 Å². The van der Waals surface area contributed by atoms with Gasteiger partial charge in [-0.3, -0.25) is 14.2 Å². The van der Waals surface area contributed by atoms with Gasteiger partial charge in [0.15, 0.2) is 0 Å². The minimum Gasteiger partial charge on any atom is -0.341 e. The van der Waals surface area contributed by atoms with Crippen molar-refractivity contribution in [3.05, 3.63) is 51.9 Å². The number of piperidine rings is 1. The number of aryl methyl sites for hydroxylation is 1. The van der Waals surface area contributed by atoms with Crippen LogP contribution in [0.4, 0.5) is 0 Å². The summed E-state index contributed by atoms with van der Waals surface area (Å²) in [5.74, 6) is 1.46. The molecule has 1 saturated carbocycles. The Bertz CT molecular complexity index is 1130. The fraction of sp³-hybridized carbons (Fsp3) is 0.458. The Morgan fingerprint density at radius 3 is 2.70 bits per heavy atom. The van der Waals surface area contributed by atoms with E-state index in [4.69, 9.17) is 0 Å². The largest absolute Gasteiger partial charge is 0.341 e. The summed E-state index contributed by atoms with van der Waals surface area (Å²) in [6, 6.07) is 8.17. The van der Waals surface area contributed by atoms with Crippen LogP contribution in [0.25, 0.3) is 21.3 Å². The average molecular weight is 422 g/mol. The number of benzene rings is 1. The molecule has 0 bridgehead atoms. The highest BCUT2D eigenvalue weighted by atomic mass is 32.1. The minimum atomic E-state index is -0.127. The first-order valence-corrected chi connectivity index (χ1v) is 11.8. The third-order valence-electron chi connectivity index (χ3n) is 6.87. The summed E-state index contributed by atoms with van der Waals surface area (Å²) in [6.45, 7) is 3.78. The molecule has 5 nitrogen and oxygen atoms in total. The van der Waals surface area contributed by atoms with Crippen LogP contribution in [0.15, 0.2) is 40.8 Å². The van der Waals surface area contributed by atoms with Gasteiger partial charge in [-0.15, -0.1) is 11.3 Å². The van der Waals surface area contributed by atoms with Crippen LogP contribution in [0.2, 0.25) is 0 Å². The van der Waals surface area contributed by atoms with Gasteiger partial charge < -0.3 is 4.90 Å². The Morgan fingerprint density at radius 2 is 1.90 bits per heavy atom. The highest BCUT2D eigenvalue weighted by molar-refractivity contribution is 7.17. The molecule has 156 valence electrons. The van der Waals surface area contributed by atoms with Crippen molar-refractivity contribution in [2.75, 3.05) is 13.1 Å². The molecule has 1 aliphatic carbocycles. The van der Waals surface area contributed by atoms with Crippen molar-refractivity contribution in [3.8, 4) is 11.1 Å². The molecule has 6 heteroatoms. The highest BCUT2D eigenvalue weighted by Crippen LogP contribution is 2.36. The molecule has 0 radical (unpaired) electrons. The van der Waals surface area contributed by atoms with Crippen LogP contribution in [0, 0.1) is 18.8 Å². The summed E-state index contributed by atoms with van der Waals surface area (Å²) in [7, 11) is 0. The molecule has 2 atom stereocenters. The lowest BCUT2D eigenvalue weighted by molar-refractivity contribution is -0.135. The quantitative estimate of drug-likeness (QED) is 0.627. The van der Waals surface area contributed by atoms with Gasteiger partial charge in [-0.2, -0.15) is 0 Å².